The van der Waals surface area contributed by atoms with Crippen LogP contribution in [-0.2, 0) is 49.7 Å². The van der Waals surface area contributed by atoms with E-state index >= 15 is 0 Å². The van der Waals surface area contributed by atoms with Crippen molar-refractivity contribution in [2.24, 2.45) is 5.92 Å². The van der Waals surface area contributed by atoms with E-state index in [0.717, 1.165) is 28.4 Å². The lowest BCUT2D eigenvalue weighted by atomic mass is 9.85. The van der Waals surface area contributed by atoms with Gasteiger partial charge in [0.1, 0.15) is 30.4 Å². The summed E-state index contributed by atoms with van der Waals surface area (Å²) < 4.78 is 2.68. The molecule has 4 rings (SSSR count). The highest BCUT2D eigenvalue weighted by Crippen LogP contribution is 2.28. The zero-order chi connectivity index (χ0) is 49.2. The molecule has 0 radical (unpaired) electrons. The average Bonchev–Trinajstić information content (AvgIpc) is 3.86. The third-order valence-corrected chi connectivity index (χ3v) is 12.1. The molecule has 1 aliphatic carbocycles. The second-order valence-corrected chi connectivity index (χ2v) is 17.4. The van der Waals surface area contributed by atoms with Crippen molar-refractivity contribution in [3.63, 3.8) is 0 Å². The number of aromatic nitrogens is 1. The Balaban J connectivity index is 1.16. The maximum Gasteiger partial charge on any atom is 0.305 e. The van der Waals surface area contributed by atoms with Gasteiger partial charge in [0.05, 0.1) is 29.5 Å². The number of rotatable bonds is 26. The molecule has 21 nitrogen and oxygen atoms in total. The summed E-state index contributed by atoms with van der Waals surface area (Å²) in [6.07, 6.45) is 2.11. The zero-order valence-corrected chi connectivity index (χ0v) is 38.6. The lowest BCUT2D eigenvalue weighted by Crippen LogP contribution is -2.57. The molecule has 1 saturated carbocycles. The van der Waals surface area contributed by atoms with Gasteiger partial charge in [-0.3, -0.25) is 47.9 Å². The summed E-state index contributed by atoms with van der Waals surface area (Å²) in [5.74, 6) is -9.20. The maximum absolute atomic E-state index is 13.7. The van der Waals surface area contributed by atoms with Crippen molar-refractivity contribution in [3.8, 4) is 0 Å². The molecule has 9 N–H and O–H groups in total. The SMILES string of the molecule is CCN(C(=O)Cn1c(C(=O)NC2CCC(C(=O)NCCCCCCNC(=O)[C@H](CC(=O)O)NC(=O)[C@H](CC(=O)O)NC(=O)[C@H](CC(=O)O)NC(C)=O)CC2)cc2sccc21)c1cccc(C)c1. The number of aryl methyl sites for hydroxylation is 1. The zero-order valence-electron chi connectivity index (χ0n) is 37.8. The third-order valence-electron chi connectivity index (χ3n) is 11.2. The molecule has 22 heteroatoms. The van der Waals surface area contributed by atoms with Crippen LogP contribution in [-0.4, -0.2) is 123 Å². The molecule has 3 atom stereocenters. The molecular weight excluding hydrogens is 893 g/mol. The molecule has 1 aliphatic rings. The molecule has 0 saturated heterocycles. The van der Waals surface area contributed by atoms with Gasteiger partial charge in [-0.1, -0.05) is 25.0 Å². The van der Waals surface area contributed by atoms with Gasteiger partial charge in [0.2, 0.25) is 35.4 Å². The Labute approximate surface area is 390 Å². The van der Waals surface area contributed by atoms with Gasteiger partial charge in [-0.05, 0) is 87.6 Å². The van der Waals surface area contributed by atoms with E-state index in [9.17, 15) is 58.2 Å². The Morgan fingerprint density at radius 3 is 1.85 bits per heavy atom. The van der Waals surface area contributed by atoms with Gasteiger partial charge in [-0.2, -0.15) is 0 Å². The number of fused-ring (bicyclic) bond motifs is 1. The normalized spacial score (nSPS) is 15.8. The number of nitrogens with zero attached hydrogens (tertiary/aromatic N) is 2. The third kappa shape index (κ3) is 16.5. The van der Waals surface area contributed by atoms with Crippen molar-refractivity contribution >= 4 is 86.5 Å². The first-order valence-electron chi connectivity index (χ1n) is 22.2. The van der Waals surface area contributed by atoms with Crippen LogP contribution in [0, 0.1) is 12.8 Å². The van der Waals surface area contributed by atoms with Crippen LogP contribution in [0.25, 0.3) is 10.2 Å². The number of carbonyl (C=O) groups is 10. The van der Waals surface area contributed by atoms with E-state index in [0.29, 0.717) is 70.2 Å². The fraction of sp³-hybridized carbons (Fsp3) is 0.511. The van der Waals surface area contributed by atoms with Crippen molar-refractivity contribution in [1.29, 1.82) is 0 Å². The summed E-state index contributed by atoms with van der Waals surface area (Å²) in [6, 6.07) is 6.17. The number of carbonyl (C=O) groups excluding carboxylic acids is 7. The second kappa shape index (κ2) is 25.7. The number of benzene rings is 1. The van der Waals surface area contributed by atoms with Gasteiger partial charge in [0.25, 0.3) is 5.91 Å². The number of amides is 7. The smallest absolute Gasteiger partial charge is 0.305 e. The van der Waals surface area contributed by atoms with Crippen molar-refractivity contribution in [2.45, 2.75) is 122 Å². The molecule has 1 fully saturated rings. The summed E-state index contributed by atoms with van der Waals surface area (Å²) >= 11 is 1.50. The van der Waals surface area contributed by atoms with Crippen LogP contribution in [0.4, 0.5) is 5.69 Å². The van der Waals surface area contributed by atoms with E-state index in [-0.39, 0.29) is 42.8 Å². The van der Waals surface area contributed by atoms with Crippen LogP contribution in [0.15, 0.2) is 41.8 Å². The van der Waals surface area contributed by atoms with E-state index in [1.165, 1.54) is 11.3 Å². The van der Waals surface area contributed by atoms with Crippen molar-refractivity contribution in [1.82, 2.24) is 36.5 Å². The predicted octanol–water partition coefficient (Wildman–Crippen LogP) is 2.04. The highest BCUT2D eigenvalue weighted by molar-refractivity contribution is 7.17. The molecule has 0 bridgehead atoms. The first-order chi connectivity index (χ1) is 31.9. The Morgan fingerprint density at radius 2 is 1.30 bits per heavy atom. The highest BCUT2D eigenvalue weighted by Gasteiger charge is 2.33. The molecule has 67 heavy (non-hydrogen) atoms. The molecule has 1 aromatic carbocycles. The molecule has 0 spiro atoms. The van der Waals surface area contributed by atoms with Gasteiger partial charge in [0, 0.05) is 44.2 Å². The fourth-order valence-electron chi connectivity index (χ4n) is 7.85. The Kier molecular flexibility index (Phi) is 20.3. The van der Waals surface area contributed by atoms with Crippen LogP contribution in [0.3, 0.4) is 0 Å². The minimum Gasteiger partial charge on any atom is -0.481 e. The largest absolute Gasteiger partial charge is 0.481 e. The molecular formula is C45H60N8O13S. The lowest BCUT2D eigenvalue weighted by Gasteiger charge is -2.28. The Hall–Kier alpha value is -6.84. The van der Waals surface area contributed by atoms with Crippen molar-refractivity contribution in [2.75, 3.05) is 24.5 Å². The molecule has 364 valence electrons. The number of hydrogen-bond donors (Lipinski definition) is 9. The number of likely N-dealkylation sites (N-methyl/N-ethyl adjacent to an activating group) is 1. The number of anilines is 1. The van der Waals surface area contributed by atoms with Gasteiger partial charge < -0.3 is 56.7 Å². The second-order valence-electron chi connectivity index (χ2n) is 16.5. The summed E-state index contributed by atoms with van der Waals surface area (Å²) in [6.45, 7) is 5.91. The van der Waals surface area contributed by atoms with Crippen molar-refractivity contribution < 1.29 is 63.3 Å². The quantitative estimate of drug-likeness (QED) is 0.0521. The van der Waals surface area contributed by atoms with Gasteiger partial charge in [-0.25, -0.2) is 0 Å². The average molecular weight is 953 g/mol. The first-order valence-corrected chi connectivity index (χ1v) is 23.1. The van der Waals surface area contributed by atoms with Gasteiger partial charge in [0.15, 0.2) is 0 Å². The predicted molar refractivity (Wildman–Crippen MR) is 245 cm³/mol. The fourth-order valence-corrected chi connectivity index (χ4v) is 8.67. The van der Waals surface area contributed by atoms with Crippen LogP contribution < -0.4 is 36.8 Å². The van der Waals surface area contributed by atoms with Gasteiger partial charge >= 0.3 is 17.9 Å². The number of aliphatic carboxylic acids is 3. The number of carboxylic acids is 3. The van der Waals surface area contributed by atoms with E-state index in [4.69, 9.17) is 5.11 Å². The molecule has 2 heterocycles. The maximum atomic E-state index is 13.7. The van der Waals surface area contributed by atoms with Crippen LogP contribution >= 0.6 is 11.3 Å². The van der Waals surface area contributed by atoms with E-state index in [2.05, 4.69) is 26.6 Å². The Morgan fingerprint density at radius 1 is 0.731 bits per heavy atom. The summed E-state index contributed by atoms with van der Waals surface area (Å²) in [5.41, 5.74) is 3.06. The standard InChI is InChI=1S/C45H60N8O13S/c1-4-52(30-11-9-10-26(2)20-30)37(55)25-53-34-16-19-67-36(34)24-35(53)45(66)49-29-14-12-28(13-15-29)41(62)46-17-7-5-6-8-18-47-42(63)31(21-38(56)57)50-44(65)33(23-40(60)61)51-43(64)32(22-39(58)59)48-27(3)54/h9-11,16,19-20,24,28-29,31-33H,4-8,12-15,17-18,21-23,25H2,1-3H3,(H,46,62)(H,47,63)(H,48,54)(H,49,66)(H,50,65)(H,51,64)(H,56,57)(H,58,59)(H,60,61)/t28?,29?,31-,32-,33-/m0/s1. The summed E-state index contributed by atoms with van der Waals surface area (Å²) in [5, 5.41) is 44.6. The highest BCUT2D eigenvalue weighted by atomic mass is 32.1. The number of hydrogen-bond acceptors (Lipinski definition) is 11. The monoisotopic (exact) mass is 952 g/mol. The summed E-state index contributed by atoms with van der Waals surface area (Å²) in [4.78, 5) is 126. The Bertz CT molecular complexity index is 2270. The molecule has 0 aliphatic heterocycles. The van der Waals surface area contributed by atoms with E-state index < -0.39 is 78.9 Å². The number of carboxylic acid groups (broad SMARTS) is 3. The number of nitrogens with one attached hydrogen (secondary N) is 6. The van der Waals surface area contributed by atoms with Crippen LogP contribution in [0.2, 0.25) is 0 Å². The molecule has 2 aromatic heterocycles. The molecule has 0 unspecified atom stereocenters. The minimum absolute atomic E-state index is 0.000324. The molecule has 3 aromatic rings. The minimum atomic E-state index is -1.85. The van der Waals surface area contributed by atoms with E-state index in [1.54, 1.807) is 9.47 Å². The number of unbranched alkanes of at least 4 members (excludes halogenated alkanes) is 3. The topological polar surface area (TPSA) is 312 Å². The lowest BCUT2D eigenvalue weighted by molar-refractivity contribution is -0.144. The number of thiophene rings is 1. The first kappa shape index (κ1) is 52.8. The van der Waals surface area contributed by atoms with Crippen LogP contribution in [0.1, 0.15) is 101 Å². The summed E-state index contributed by atoms with van der Waals surface area (Å²) in [7, 11) is 0. The van der Waals surface area contributed by atoms with Crippen LogP contribution in [0.5, 0.6) is 0 Å². The van der Waals surface area contributed by atoms with Gasteiger partial charge in [-0.15, -0.1) is 11.3 Å². The van der Waals surface area contributed by atoms with E-state index in [1.807, 2.05) is 60.9 Å². The molecule has 7 amide bonds. The van der Waals surface area contributed by atoms with Crippen molar-refractivity contribution in [3.05, 3.63) is 53.0 Å².